The van der Waals surface area contributed by atoms with E-state index in [-0.39, 0.29) is 11.4 Å². The van der Waals surface area contributed by atoms with Crippen LogP contribution in [0.1, 0.15) is 16.2 Å². The van der Waals surface area contributed by atoms with Crippen LogP contribution in [0.25, 0.3) is 27.9 Å². The Labute approximate surface area is 176 Å². The molecule has 2 heterocycles. The van der Waals surface area contributed by atoms with Crippen LogP contribution in [0.5, 0.6) is 0 Å². The normalized spacial score (nSPS) is 11.0. The van der Waals surface area contributed by atoms with Crippen LogP contribution in [0.4, 0.5) is 10.1 Å². The standard InChI is InChI=1S/C23H16FN5O2/c1-14-21(23(30)25-20-10-6-5-9-18(20)24)26-28-29(14)16-11-12-19-17(13-16)22(31-27-19)15-7-3-2-4-8-15/h2-13H,1H3,(H,25,30). The van der Waals surface area contributed by atoms with Gasteiger partial charge in [0.25, 0.3) is 5.91 Å². The summed E-state index contributed by atoms with van der Waals surface area (Å²) < 4.78 is 21.0. The van der Waals surface area contributed by atoms with Gasteiger partial charge in [-0.2, -0.15) is 0 Å². The molecule has 0 saturated carbocycles. The van der Waals surface area contributed by atoms with Gasteiger partial charge in [0.05, 0.1) is 22.5 Å². The molecule has 1 amide bonds. The fourth-order valence-electron chi connectivity index (χ4n) is 3.39. The van der Waals surface area contributed by atoms with Crippen LogP contribution in [-0.2, 0) is 0 Å². The molecule has 1 N–H and O–H groups in total. The Morgan fingerprint density at radius 2 is 1.81 bits per heavy atom. The summed E-state index contributed by atoms with van der Waals surface area (Å²) in [6.07, 6.45) is 0. The zero-order valence-electron chi connectivity index (χ0n) is 16.4. The third kappa shape index (κ3) is 3.33. The van der Waals surface area contributed by atoms with Crippen LogP contribution in [0.3, 0.4) is 0 Å². The number of hydrogen-bond donors (Lipinski definition) is 1. The van der Waals surface area contributed by atoms with Gasteiger partial charge in [0.15, 0.2) is 11.5 Å². The van der Waals surface area contributed by atoms with Gasteiger partial charge in [-0.05, 0) is 37.3 Å². The number of rotatable bonds is 4. The van der Waals surface area contributed by atoms with Gasteiger partial charge in [-0.3, -0.25) is 4.79 Å². The molecule has 5 aromatic rings. The number of nitrogens with one attached hydrogen (secondary N) is 1. The Bertz CT molecular complexity index is 1410. The van der Waals surface area contributed by atoms with Gasteiger partial charge in [-0.25, -0.2) is 9.07 Å². The van der Waals surface area contributed by atoms with Gasteiger partial charge in [0, 0.05) is 5.56 Å². The number of nitrogens with zero attached hydrogens (tertiary/aromatic N) is 4. The lowest BCUT2D eigenvalue weighted by atomic mass is 10.1. The predicted octanol–water partition coefficient (Wildman–Crippen LogP) is 4.78. The molecule has 2 aromatic heterocycles. The molecule has 152 valence electrons. The van der Waals surface area contributed by atoms with Crippen molar-refractivity contribution in [3.05, 3.63) is 90.0 Å². The van der Waals surface area contributed by atoms with Crippen molar-refractivity contribution < 1.29 is 13.7 Å². The monoisotopic (exact) mass is 413 g/mol. The Hall–Kier alpha value is -4.33. The quantitative estimate of drug-likeness (QED) is 0.458. The van der Waals surface area contributed by atoms with E-state index in [2.05, 4.69) is 20.8 Å². The minimum atomic E-state index is -0.537. The molecular formula is C23H16FN5O2. The van der Waals surface area contributed by atoms with Crippen molar-refractivity contribution in [2.24, 2.45) is 0 Å². The Balaban J connectivity index is 1.51. The van der Waals surface area contributed by atoms with E-state index in [1.54, 1.807) is 23.7 Å². The number of benzene rings is 3. The molecule has 8 heteroatoms. The molecule has 7 nitrogen and oxygen atoms in total. The van der Waals surface area contributed by atoms with Crippen molar-refractivity contribution in [3.8, 4) is 17.0 Å². The first-order chi connectivity index (χ1) is 15.1. The first kappa shape index (κ1) is 18.7. The van der Waals surface area contributed by atoms with E-state index in [1.165, 1.54) is 12.1 Å². The Morgan fingerprint density at radius 1 is 1.03 bits per heavy atom. The predicted molar refractivity (Wildman–Crippen MR) is 113 cm³/mol. The lowest BCUT2D eigenvalue weighted by molar-refractivity contribution is 0.102. The molecule has 0 fully saturated rings. The zero-order chi connectivity index (χ0) is 21.4. The van der Waals surface area contributed by atoms with Crippen LogP contribution < -0.4 is 5.32 Å². The smallest absolute Gasteiger partial charge is 0.278 e. The molecule has 0 unspecified atom stereocenters. The number of hydrogen-bond acceptors (Lipinski definition) is 5. The number of halogens is 1. The highest BCUT2D eigenvalue weighted by Crippen LogP contribution is 2.30. The number of carbonyl (C=O) groups excluding carboxylic acids is 1. The van der Waals surface area contributed by atoms with Crippen molar-refractivity contribution in [1.29, 1.82) is 0 Å². The molecule has 3 aromatic carbocycles. The highest BCUT2D eigenvalue weighted by molar-refractivity contribution is 6.03. The number of aromatic nitrogens is 4. The Kier molecular flexibility index (Phi) is 4.51. The van der Waals surface area contributed by atoms with Crippen molar-refractivity contribution in [2.45, 2.75) is 6.92 Å². The van der Waals surface area contributed by atoms with E-state index in [4.69, 9.17) is 4.52 Å². The summed E-state index contributed by atoms with van der Waals surface area (Å²) in [6.45, 7) is 1.73. The van der Waals surface area contributed by atoms with Crippen molar-refractivity contribution in [2.75, 3.05) is 5.32 Å². The van der Waals surface area contributed by atoms with E-state index in [1.807, 2.05) is 48.5 Å². The minimum Gasteiger partial charge on any atom is -0.355 e. The summed E-state index contributed by atoms with van der Waals surface area (Å²) in [4.78, 5) is 12.6. The summed E-state index contributed by atoms with van der Waals surface area (Å²) in [5.41, 5.74) is 3.02. The third-order valence-corrected chi connectivity index (χ3v) is 4.97. The van der Waals surface area contributed by atoms with Gasteiger partial charge in [-0.1, -0.05) is 52.8 Å². The van der Waals surface area contributed by atoms with Crippen molar-refractivity contribution >= 4 is 22.5 Å². The molecule has 0 spiro atoms. The molecule has 0 atom stereocenters. The molecule has 0 aliphatic carbocycles. The van der Waals surface area contributed by atoms with E-state index in [0.717, 1.165) is 10.9 Å². The van der Waals surface area contributed by atoms with Gasteiger partial charge in [0.2, 0.25) is 0 Å². The second kappa shape index (κ2) is 7.49. The molecule has 0 aliphatic heterocycles. The van der Waals surface area contributed by atoms with Gasteiger partial charge >= 0.3 is 0 Å². The highest BCUT2D eigenvalue weighted by Gasteiger charge is 2.19. The summed E-state index contributed by atoms with van der Waals surface area (Å²) in [5.74, 6) is -0.412. The average Bonchev–Trinajstić information content (AvgIpc) is 3.39. The molecule has 0 bridgehead atoms. The molecule has 0 radical (unpaired) electrons. The number of carbonyl (C=O) groups is 1. The summed E-state index contributed by atoms with van der Waals surface area (Å²) in [7, 11) is 0. The lowest BCUT2D eigenvalue weighted by Gasteiger charge is -2.06. The molecular weight excluding hydrogens is 397 g/mol. The van der Waals surface area contributed by atoms with Crippen molar-refractivity contribution in [3.63, 3.8) is 0 Å². The number of fused-ring (bicyclic) bond motifs is 1. The molecule has 0 saturated heterocycles. The third-order valence-electron chi connectivity index (χ3n) is 4.97. The summed E-state index contributed by atoms with van der Waals surface area (Å²) >= 11 is 0. The second-order valence-corrected chi connectivity index (χ2v) is 6.95. The van der Waals surface area contributed by atoms with Gasteiger partial charge < -0.3 is 9.84 Å². The van der Waals surface area contributed by atoms with E-state index < -0.39 is 11.7 Å². The SMILES string of the molecule is Cc1c(C(=O)Nc2ccccc2F)nnn1-c1ccc2noc(-c3ccccc3)c2c1. The van der Waals surface area contributed by atoms with E-state index in [9.17, 15) is 9.18 Å². The van der Waals surface area contributed by atoms with Gasteiger partial charge in [-0.15, -0.1) is 5.10 Å². The fourth-order valence-corrected chi connectivity index (χ4v) is 3.39. The van der Waals surface area contributed by atoms with Crippen LogP contribution in [-0.4, -0.2) is 26.1 Å². The average molecular weight is 413 g/mol. The first-order valence-electron chi connectivity index (χ1n) is 9.55. The summed E-state index contributed by atoms with van der Waals surface area (Å²) in [6, 6.07) is 21.1. The number of anilines is 1. The van der Waals surface area contributed by atoms with Crippen LogP contribution in [0.2, 0.25) is 0 Å². The lowest BCUT2D eigenvalue weighted by Crippen LogP contribution is -2.15. The largest absolute Gasteiger partial charge is 0.355 e. The van der Waals surface area contributed by atoms with Crippen molar-refractivity contribution in [1.82, 2.24) is 20.2 Å². The van der Waals surface area contributed by atoms with E-state index in [0.29, 0.717) is 22.7 Å². The van der Waals surface area contributed by atoms with Crippen LogP contribution in [0, 0.1) is 12.7 Å². The highest BCUT2D eigenvalue weighted by atomic mass is 19.1. The van der Waals surface area contributed by atoms with E-state index >= 15 is 0 Å². The number of para-hydroxylation sites is 1. The number of amides is 1. The van der Waals surface area contributed by atoms with Gasteiger partial charge in [0.1, 0.15) is 11.3 Å². The Morgan fingerprint density at radius 3 is 2.61 bits per heavy atom. The summed E-state index contributed by atoms with van der Waals surface area (Å²) in [5, 5.41) is 15.6. The maximum absolute atomic E-state index is 13.9. The molecule has 31 heavy (non-hydrogen) atoms. The topological polar surface area (TPSA) is 85.8 Å². The van der Waals surface area contributed by atoms with Crippen LogP contribution in [0.15, 0.2) is 77.3 Å². The second-order valence-electron chi connectivity index (χ2n) is 6.95. The molecule has 5 rings (SSSR count). The molecule has 0 aliphatic rings. The fraction of sp³-hybridized carbons (Fsp3) is 0.0435. The minimum absolute atomic E-state index is 0.0832. The first-order valence-corrected chi connectivity index (χ1v) is 9.55. The van der Waals surface area contributed by atoms with Crippen LogP contribution >= 0.6 is 0 Å². The maximum atomic E-state index is 13.9. The maximum Gasteiger partial charge on any atom is 0.278 e. The zero-order valence-corrected chi connectivity index (χ0v) is 16.4.